The van der Waals surface area contributed by atoms with Gasteiger partial charge in [0.15, 0.2) is 5.96 Å². The minimum Gasteiger partial charge on any atom is -0.480 e. The number of rotatable bonds is 16. The molecule has 0 rings (SSSR count). The lowest BCUT2D eigenvalue weighted by Gasteiger charge is -2.24. The van der Waals surface area contributed by atoms with Gasteiger partial charge in [-0.15, -0.1) is 0 Å². The zero-order chi connectivity index (χ0) is 25.6. The smallest absolute Gasteiger partial charge is 0.326 e. The fourth-order valence-electron chi connectivity index (χ4n) is 2.42. The number of nitrogens with zero attached hydrogens (tertiary/aromatic N) is 1. The van der Waals surface area contributed by atoms with Gasteiger partial charge in [0.1, 0.15) is 18.1 Å². The van der Waals surface area contributed by atoms with E-state index in [0.29, 0.717) is 6.42 Å². The SMILES string of the molecule is NC(=O)CCC(NC(=O)C(CS)NC(=O)C(CCCN=C(N)N)NC(=O)C(N)CS)C(=O)O. The van der Waals surface area contributed by atoms with Gasteiger partial charge in [-0.05, 0) is 19.3 Å². The van der Waals surface area contributed by atoms with Gasteiger partial charge in [0, 0.05) is 24.5 Å². The van der Waals surface area contributed by atoms with E-state index in [9.17, 15) is 29.1 Å². The van der Waals surface area contributed by atoms with Gasteiger partial charge in [0.2, 0.25) is 23.6 Å². The number of nitrogens with one attached hydrogen (secondary N) is 3. The first kappa shape index (κ1) is 30.3. The van der Waals surface area contributed by atoms with Crippen LogP contribution in [-0.2, 0) is 24.0 Å². The molecule has 4 atom stereocenters. The van der Waals surface area contributed by atoms with Crippen molar-refractivity contribution < 1.29 is 29.1 Å². The third-order valence-corrected chi connectivity index (χ3v) is 4.98. The Hall–Kier alpha value is -2.72. The second kappa shape index (κ2) is 16.0. The number of amides is 4. The summed E-state index contributed by atoms with van der Waals surface area (Å²) in [5.41, 5.74) is 21.2. The molecule has 0 aliphatic carbocycles. The zero-order valence-electron chi connectivity index (χ0n) is 17.9. The number of primary amides is 1. The summed E-state index contributed by atoms with van der Waals surface area (Å²) in [6, 6.07) is -4.68. The third kappa shape index (κ3) is 12.8. The summed E-state index contributed by atoms with van der Waals surface area (Å²) in [5, 5.41) is 16.3. The van der Waals surface area contributed by atoms with Crippen molar-refractivity contribution in [2.45, 2.75) is 49.9 Å². The summed E-state index contributed by atoms with van der Waals surface area (Å²) in [6.07, 6.45) is -0.0532. The maximum atomic E-state index is 12.8. The van der Waals surface area contributed by atoms with Gasteiger partial charge in [-0.25, -0.2) is 4.79 Å². The minimum absolute atomic E-state index is 0.0394. The van der Waals surface area contributed by atoms with Crippen LogP contribution < -0.4 is 38.9 Å². The van der Waals surface area contributed by atoms with Gasteiger partial charge in [-0.2, -0.15) is 25.3 Å². The highest BCUT2D eigenvalue weighted by Crippen LogP contribution is 2.03. The average molecular weight is 509 g/mol. The zero-order valence-corrected chi connectivity index (χ0v) is 19.7. The molecule has 0 aromatic carbocycles. The van der Waals surface area contributed by atoms with Crippen LogP contribution in [-0.4, -0.2) is 82.9 Å². The van der Waals surface area contributed by atoms with Gasteiger partial charge in [0.05, 0.1) is 6.04 Å². The molecule has 0 bridgehead atoms. The Morgan fingerprint density at radius 3 is 1.85 bits per heavy atom. The van der Waals surface area contributed by atoms with Gasteiger partial charge in [0.25, 0.3) is 0 Å². The molecule has 0 radical (unpaired) electrons. The summed E-state index contributed by atoms with van der Waals surface area (Å²) < 4.78 is 0. The van der Waals surface area contributed by atoms with E-state index in [-0.39, 0.29) is 43.3 Å². The number of guanidine groups is 1. The van der Waals surface area contributed by atoms with Crippen molar-refractivity contribution in [2.24, 2.45) is 27.9 Å². The van der Waals surface area contributed by atoms with Crippen molar-refractivity contribution in [3.05, 3.63) is 0 Å². The van der Waals surface area contributed by atoms with Crippen molar-refractivity contribution in [3.63, 3.8) is 0 Å². The number of carbonyl (C=O) groups excluding carboxylic acids is 4. The van der Waals surface area contributed by atoms with Crippen molar-refractivity contribution >= 4 is 60.8 Å². The van der Waals surface area contributed by atoms with Gasteiger partial charge in [-0.1, -0.05) is 0 Å². The van der Waals surface area contributed by atoms with Gasteiger partial charge >= 0.3 is 5.97 Å². The standard InChI is InChI=1S/C17H32N8O6S2/c18-8(6-32)13(27)23-9(2-1-5-22-17(20)21)14(28)25-11(7-33)15(29)24-10(16(30)31)3-4-12(19)26/h8-11,32-33H,1-7,18H2,(H2,19,26)(H,23,27)(H,24,29)(H,25,28)(H,30,31)(H4,20,21,22). The number of carboxylic acid groups (broad SMARTS) is 1. The van der Waals surface area contributed by atoms with Crippen molar-refractivity contribution in [2.75, 3.05) is 18.1 Å². The third-order valence-electron chi connectivity index (χ3n) is 4.22. The molecule has 4 amide bonds. The fraction of sp³-hybridized carbons (Fsp3) is 0.647. The molecule has 0 saturated carbocycles. The fourth-order valence-corrected chi connectivity index (χ4v) is 2.84. The van der Waals surface area contributed by atoms with Crippen molar-refractivity contribution in [1.82, 2.24) is 16.0 Å². The predicted octanol–water partition coefficient (Wildman–Crippen LogP) is -3.97. The van der Waals surface area contributed by atoms with Crippen LogP contribution in [0.15, 0.2) is 4.99 Å². The van der Waals surface area contributed by atoms with Crippen LogP contribution in [0.2, 0.25) is 0 Å². The molecular weight excluding hydrogens is 476 g/mol. The Morgan fingerprint density at radius 1 is 0.818 bits per heavy atom. The second-order valence-corrected chi connectivity index (χ2v) is 7.68. The first-order chi connectivity index (χ1) is 15.4. The van der Waals surface area contributed by atoms with Crippen LogP contribution in [0.5, 0.6) is 0 Å². The number of hydrogen-bond acceptors (Lipinski definition) is 9. The highest BCUT2D eigenvalue weighted by atomic mass is 32.1. The quantitative estimate of drug-likeness (QED) is 0.0421. The number of carbonyl (C=O) groups is 5. The van der Waals surface area contributed by atoms with Crippen LogP contribution in [0, 0.1) is 0 Å². The normalized spacial score (nSPS) is 14.2. The predicted molar refractivity (Wildman–Crippen MR) is 127 cm³/mol. The van der Waals surface area contributed by atoms with E-state index in [2.05, 4.69) is 46.2 Å². The topological polar surface area (TPSA) is 258 Å². The summed E-state index contributed by atoms with van der Waals surface area (Å²) in [5.74, 6) is -4.56. The molecule has 0 aromatic heterocycles. The van der Waals surface area contributed by atoms with Crippen LogP contribution in [0.3, 0.4) is 0 Å². The number of carboxylic acids is 1. The summed E-state index contributed by atoms with van der Waals surface area (Å²) >= 11 is 7.96. The first-order valence-electron chi connectivity index (χ1n) is 9.87. The second-order valence-electron chi connectivity index (χ2n) is 6.95. The molecule has 0 heterocycles. The Kier molecular flexibility index (Phi) is 14.7. The Bertz CT molecular complexity index is 734. The number of thiol groups is 2. The van der Waals surface area contributed by atoms with Gasteiger partial charge < -0.3 is 44.0 Å². The first-order valence-corrected chi connectivity index (χ1v) is 11.1. The molecule has 0 spiro atoms. The highest BCUT2D eigenvalue weighted by molar-refractivity contribution is 7.80. The minimum atomic E-state index is -1.40. The lowest BCUT2D eigenvalue weighted by molar-refractivity contribution is -0.142. The summed E-state index contributed by atoms with van der Waals surface area (Å²) in [4.78, 5) is 63.4. The molecule has 33 heavy (non-hydrogen) atoms. The van der Waals surface area contributed by atoms with Crippen LogP contribution >= 0.6 is 25.3 Å². The number of aliphatic carboxylic acids is 1. The average Bonchev–Trinajstić information content (AvgIpc) is 2.75. The lowest BCUT2D eigenvalue weighted by Crippen LogP contribution is -2.57. The van der Waals surface area contributed by atoms with Crippen molar-refractivity contribution in [1.29, 1.82) is 0 Å². The molecule has 0 fully saturated rings. The monoisotopic (exact) mass is 508 g/mol. The van der Waals surface area contributed by atoms with Gasteiger partial charge in [-0.3, -0.25) is 24.2 Å². The van der Waals surface area contributed by atoms with Crippen LogP contribution in [0.25, 0.3) is 0 Å². The molecule has 14 nitrogen and oxygen atoms in total. The Balaban J connectivity index is 5.27. The van der Waals surface area contributed by atoms with E-state index in [1.165, 1.54) is 0 Å². The molecule has 4 unspecified atom stereocenters. The van der Waals surface area contributed by atoms with E-state index in [1.54, 1.807) is 0 Å². The largest absolute Gasteiger partial charge is 0.480 e. The molecule has 0 saturated heterocycles. The number of aliphatic imine (C=N–C) groups is 1. The highest BCUT2D eigenvalue weighted by Gasteiger charge is 2.29. The Labute approximate surface area is 201 Å². The summed E-state index contributed by atoms with van der Waals surface area (Å²) in [6.45, 7) is 0.192. The molecule has 0 aliphatic heterocycles. The molecule has 0 aliphatic rings. The van der Waals surface area contributed by atoms with E-state index in [4.69, 9.17) is 22.9 Å². The van der Waals surface area contributed by atoms with Crippen LogP contribution in [0.4, 0.5) is 0 Å². The molecule has 188 valence electrons. The van der Waals surface area contributed by atoms with Crippen molar-refractivity contribution in [3.8, 4) is 0 Å². The lowest BCUT2D eigenvalue weighted by atomic mass is 10.1. The maximum Gasteiger partial charge on any atom is 0.326 e. The van der Waals surface area contributed by atoms with E-state index in [1.807, 2.05) is 0 Å². The van der Waals surface area contributed by atoms with E-state index in [0.717, 1.165) is 0 Å². The summed E-state index contributed by atoms with van der Waals surface area (Å²) in [7, 11) is 0. The molecule has 0 aromatic rings. The number of nitrogens with two attached hydrogens (primary N) is 4. The van der Waals surface area contributed by atoms with E-state index >= 15 is 0 Å². The van der Waals surface area contributed by atoms with Crippen LogP contribution in [0.1, 0.15) is 25.7 Å². The van der Waals surface area contributed by atoms with E-state index < -0.39 is 53.8 Å². The molecule has 16 heteroatoms. The Morgan fingerprint density at radius 2 is 1.36 bits per heavy atom. The number of hydrogen-bond donors (Lipinski definition) is 10. The maximum absolute atomic E-state index is 12.8. The molecule has 12 N–H and O–H groups in total. The molecular formula is C17H32N8O6S2.